The van der Waals surface area contributed by atoms with Crippen molar-refractivity contribution in [2.75, 3.05) is 0 Å². The highest BCUT2D eigenvalue weighted by Gasteiger charge is 2.12. The van der Waals surface area contributed by atoms with E-state index in [2.05, 4.69) is 55.0 Å². The Hall–Kier alpha value is -1.64. The lowest BCUT2D eigenvalue weighted by molar-refractivity contribution is -0.385. The molecule has 0 saturated carbocycles. The van der Waals surface area contributed by atoms with Crippen molar-refractivity contribution in [3.8, 4) is 0 Å². The third-order valence-electron chi connectivity index (χ3n) is 3.27. The Bertz CT molecular complexity index is 451. The van der Waals surface area contributed by atoms with Gasteiger partial charge < -0.3 is 0 Å². The first kappa shape index (κ1) is 36.3. The van der Waals surface area contributed by atoms with E-state index >= 15 is 0 Å². The summed E-state index contributed by atoms with van der Waals surface area (Å²) in [7, 11) is 0. The van der Waals surface area contributed by atoms with Gasteiger partial charge in [-0.1, -0.05) is 101 Å². The summed E-state index contributed by atoms with van der Waals surface area (Å²) in [5, 5.41) is 10.6. The molecule has 27 heavy (non-hydrogen) atoms. The van der Waals surface area contributed by atoms with Gasteiger partial charge in [0.2, 0.25) is 0 Å². The Balaban J connectivity index is -0.0000000989. The quantitative estimate of drug-likeness (QED) is 0.279. The Morgan fingerprint density at radius 2 is 1.41 bits per heavy atom. The van der Waals surface area contributed by atoms with Crippen LogP contribution in [0.2, 0.25) is 0 Å². The Morgan fingerprint density at radius 3 is 1.67 bits per heavy atom. The minimum atomic E-state index is -0.322. The fraction of sp³-hybridized carbons (Fsp3) is 0.667. The first-order chi connectivity index (χ1) is 11.1. The third kappa shape index (κ3) is 24.4. The van der Waals surface area contributed by atoms with Crippen molar-refractivity contribution in [2.24, 2.45) is 17.8 Å². The van der Waals surface area contributed by atoms with Gasteiger partial charge in [-0.2, -0.15) is 0 Å². The molecular formula is C24H49NO2. The van der Waals surface area contributed by atoms with Crippen LogP contribution in [0.4, 0.5) is 5.69 Å². The molecule has 0 aliphatic rings. The highest BCUT2D eigenvalue weighted by molar-refractivity contribution is 5.39. The highest BCUT2D eigenvalue weighted by Crippen LogP contribution is 2.20. The van der Waals surface area contributed by atoms with E-state index in [-0.39, 0.29) is 32.9 Å². The fourth-order valence-corrected chi connectivity index (χ4v) is 1.63. The van der Waals surface area contributed by atoms with Crippen molar-refractivity contribution in [3.63, 3.8) is 0 Å². The van der Waals surface area contributed by atoms with Gasteiger partial charge in [0, 0.05) is 11.6 Å². The van der Waals surface area contributed by atoms with E-state index in [1.807, 2.05) is 18.2 Å². The largest absolute Gasteiger partial charge is 0.272 e. The zero-order chi connectivity index (χ0) is 19.1. The van der Waals surface area contributed by atoms with E-state index in [1.54, 1.807) is 12.1 Å². The number of benzene rings is 1. The molecule has 0 N–H and O–H groups in total. The van der Waals surface area contributed by atoms with E-state index in [4.69, 9.17) is 0 Å². The molecule has 0 aliphatic carbocycles. The highest BCUT2D eigenvalue weighted by atomic mass is 16.6. The molecule has 0 bridgehead atoms. The number of hydrogen-bond acceptors (Lipinski definition) is 2. The minimum Gasteiger partial charge on any atom is -0.258 e. The van der Waals surface area contributed by atoms with Gasteiger partial charge in [-0.15, -0.1) is 6.58 Å². The molecule has 162 valence electrons. The van der Waals surface area contributed by atoms with Crippen LogP contribution in [0, 0.1) is 27.9 Å². The summed E-state index contributed by atoms with van der Waals surface area (Å²) < 4.78 is 0. The van der Waals surface area contributed by atoms with Crippen LogP contribution < -0.4 is 0 Å². The van der Waals surface area contributed by atoms with Crippen molar-refractivity contribution in [1.29, 1.82) is 0 Å². The summed E-state index contributed by atoms with van der Waals surface area (Å²) in [4.78, 5) is 10.3. The number of para-hydroxylation sites is 1. The van der Waals surface area contributed by atoms with Gasteiger partial charge in [0.1, 0.15) is 0 Å². The Kier molecular flexibility index (Phi) is 30.1. The maximum atomic E-state index is 10.6. The van der Waals surface area contributed by atoms with E-state index in [0.717, 1.165) is 30.2 Å². The summed E-state index contributed by atoms with van der Waals surface area (Å²) in [5.41, 5.74) is 1.05. The molecule has 0 heterocycles. The number of nitro benzene ring substituents is 1. The predicted molar refractivity (Wildman–Crippen MR) is 127 cm³/mol. The monoisotopic (exact) mass is 383 g/mol. The van der Waals surface area contributed by atoms with Gasteiger partial charge in [-0.3, -0.25) is 10.1 Å². The van der Waals surface area contributed by atoms with Crippen LogP contribution in [0.25, 0.3) is 0 Å². The summed E-state index contributed by atoms with van der Waals surface area (Å²) in [6.07, 6.45) is 5.15. The molecule has 1 aromatic carbocycles. The van der Waals surface area contributed by atoms with Crippen LogP contribution in [-0.4, -0.2) is 4.92 Å². The molecule has 3 nitrogen and oxygen atoms in total. The second-order valence-corrected chi connectivity index (χ2v) is 7.20. The van der Waals surface area contributed by atoms with E-state index in [1.165, 1.54) is 6.42 Å². The molecular weight excluding hydrogens is 334 g/mol. The van der Waals surface area contributed by atoms with Crippen molar-refractivity contribution in [1.82, 2.24) is 0 Å². The second kappa shape index (κ2) is 22.4. The predicted octanol–water partition coefficient (Wildman–Crippen LogP) is 8.97. The SMILES string of the molecule is C.C.C.C=CCC(C)C.CC(C)Cc1ccccc1[N+](=O)[O-].CCC(C)C. The molecule has 0 atom stereocenters. The number of nitro groups is 1. The van der Waals surface area contributed by atoms with E-state index in [0.29, 0.717) is 5.92 Å². The first-order valence-electron chi connectivity index (χ1n) is 8.98. The summed E-state index contributed by atoms with van der Waals surface area (Å²) in [5.74, 6) is 2.11. The van der Waals surface area contributed by atoms with Crippen LogP contribution in [0.15, 0.2) is 36.9 Å². The summed E-state index contributed by atoms with van der Waals surface area (Å²) >= 11 is 0. The maximum absolute atomic E-state index is 10.6. The van der Waals surface area contributed by atoms with Crippen molar-refractivity contribution < 1.29 is 4.92 Å². The molecule has 0 fully saturated rings. The van der Waals surface area contributed by atoms with Crippen LogP contribution in [-0.2, 0) is 6.42 Å². The van der Waals surface area contributed by atoms with Crippen LogP contribution in [0.5, 0.6) is 0 Å². The van der Waals surface area contributed by atoms with Gasteiger partial charge in [0.15, 0.2) is 0 Å². The Morgan fingerprint density at radius 1 is 0.963 bits per heavy atom. The van der Waals surface area contributed by atoms with Gasteiger partial charge in [0.05, 0.1) is 4.92 Å². The standard InChI is InChI=1S/C10H13NO2.C6H12.C5H12.3CH4/c1-8(2)7-9-5-3-4-6-10(9)11(12)13;1-4-5-6(2)3;1-4-5(2)3;;;/h3-6,8H,7H2,1-2H3;4,6H,1,5H2,2-3H3;5H,4H2,1-3H3;3*1H4. The molecule has 0 aromatic heterocycles. The average Bonchev–Trinajstić information content (AvgIpc) is 2.48. The van der Waals surface area contributed by atoms with Crippen LogP contribution in [0.1, 0.15) is 89.2 Å². The first-order valence-corrected chi connectivity index (χ1v) is 8.98. The number of nitrogens with zero attached hydrogens (tertiary/aromatic N) is 1. The zero-order valence-corrected chi connectivity index (χ0v) is 16.7. The Labute approximate surface area is 171 Å². The molecule has 1 aromatic rings. The van der Waals surface area contributed by atoms with Crippen LogP contribution in [0.3, 0.4) is 0 Å². The lowest BCUT2D eigenvalue weighted by Crippen LogP contribution is -1.99. The van der Waals surface area contributed by atoms with Gasteiger partial charge in [-0.25, -0.2) is 0 Å². The normalized spacial score (nSPS) is 8.81. The molecule has 0 saturated heterocycles. The lowest BCUT2D eigenvalue weighted by Gasteiger charge is -2.04. The van der Waals surface area contributed by atoms with Crippen molar-refractivity contribution >= 4 is 5.69 Å². The van der Waals surface area contributed by atoms with Crippen molar-refractivity contribution in [2.45, 2.75) is 90.0 Å². The number of rotatable bonds is 6. The van der Waals surface area contributed by atoms with E-state index in [9.17, 15) is 10.1 Å². The molecule has 3 heteroatoms. The molecule has 0 aliphatic heterocycles. The zero-order valence-electron chi connectivity index (χ0n) is 16.7. The maximum Gasteiger partial charge on any atom is 0.272 e. The van der Waals surface area contributed by atoms with E-state index < -0.39 is 0 Å². The van der Waals surface area contributed by atoms with Gasteiger partial charge in [-0.05, 0) is 30.6 Å². The average molecular weight is 384 g/mol. The lowest BCUT2D eigenvalue weighted by atomic mass is 10.0. The van der Waals surface area contributed by atoms with Gasteiger partial charge >= 0.3 is 0 Å². The number of allylic oxidation sites excluding steroid dienone is 1. The number of hydrogen-bond donors (Lipinski definition) is 0. The smallest absolute Gasteiger partial charge is 0.258 e. The molecule has 1 rings (SSSR count). The molecule has 0 radical (unpaired) electrons. The molecule has 0 spiro atoms. The summed E-state index contributed by atoms with van der Waals surface area (Å²) in [6.45, 7) is 18.7. The van der Waals surface area contributed by atoms with Crippen molar-refractivity contribution in [3.05, 3.63) is 52.6 Å². The molecule has 0 amide bonds. The topological polar surface area (TPSA) is 43.1 Å². The second-order valence-electron chi connectivity index (χ2n) is 7.20. The fourth-order valence-electron chi connectivity index (χ4n) is 1.63. The minimum absolute atomic E-state index is 0. The summed E-state index contributed by atoms with van der Waals surface area (Å²) in [6, 6.07) is 6.91. The third-order valence-corrected chi connectivity index (χ3v) is 3.27. The molecule has 0 unspecified atom stereocenters. The van der Waals surface area contributed by atoms with Gasteiger partial charge in [0.25, 0.3) is 5.69 Å². The van der Waals surface area contributed by atoms with Crippen LogP contribution >= 0.6 is 0 Å².